The lowest BCUT2D eigenvalue weighted by Crippen LogP contribution is -2.44. The quantitative estimate of drug-likeness (QED) is 0.640. The van der Waals surface area contributed by atoms with E-state index in [-0.39, 0.29) is 6.04 Å². The molecule has 3 N–H and O–H groups in total. The van der Waals surface area contributed by atoms with Gasteiger partial charge >= 0.3 is 0 Å². The van der Waals surface area contributed by atoms with Gasteiger partial charge in [-0.3, -0.25) is 11.3 Å². The van der Waals surface area contributed by atoms with Gasteiger partial charge in [-0.1, -0.05) is 13.8 Å². The van der Waals surface area contributed by atoms with Crippen LogP contribution in [0.2, 0.25) is 0 Å². The van der Waals surface area contributed by atoms with Gasteiger partial charge in [-0.25, -0.2) is 8.78 Å². The van der Waals surface area contributed by atoms with Crippen LogP contribution in [0.5, 0.6) is 0 Å². The number of benzene rings is 1. The third-order valence-corrected chi connectivity index (χ3v) is 4.92. The van der Waals surface area contributed by atoms with E-state index < -0.39 is 11.6 Å². The first-order valence-electron chi connectivity index (χ1n) is 7.90. The lowest BCUT2D eigenvalue weighted by atomic mass is 9.74. The Morgan fingerprint density at radius 1 is 1.05 bits per heavy atom. The maximum atomic E-state index is 13.3. The van der Waals surface area contributed by atoms with Crippen LogP contribution in [0.25, 0.3) is 0 Å². The lowest BCUT2D eigenvalue weighted by Gasteiger charge is -2.35. The largest absolute Gasteiger partial charge is 0.271 e. The molecule has 1 aliphatic carbocycles. The van der Waals surface area contributed by atoms with E-state index >= 15 is 0 Å². The van der Waals surface area contributed by atoms with Crippen LogP contribution < -0.4 is 11.3 Å². The van der Waals surface area contributed by atoms with Gasteiger partial charge in [0, 0.05) is 12.1 Å². The van der Waals surface area contributed by atoms with Crippen LogP contribution in [0.15, 0.2) is 18.2 Å². The molecule has 4 heteroatoms. The molecule has 0 heterocycles. The molecule has 0 bridgehead atoms. The normalized spacial score (nSPS) is 24.3. The molecule has 0 aliphatic heterocycles. The van der Waals surface area contributed by atoms with Crippen molar-refractivity contribution in [2.45, 2.75) is 52.0 Å². The number of halogens is 2. The SMILES string of the molecule is CC(C)C1CCC(C(Cc2cc(F)cc(F)c2)NN)CC1. The first-order chi connectivity index (χ1) is 9.99. The molecule has 1 aromatic carbocycles. The summed E-state index contributed by atoms with van der Waals surface area (Å²) in [5.41, 5.74) is 3.53. The minimum Gasteiger partial charge on any atom is -0.271 e. The van der Waals surface area contributed by atoms with Crippen LogP contribution in [0.1, 0.15) is 45.1 Å². The first-order valence-corrected chi connectivity index (χ1v) is 7.90. The summed E-state index contributed by atoms with van der Waals surface area (Å²) in [5.74, 6) is 6.65. The van der Waals surface area contributed by atoms with E-state index in [0.29, 0.717) is 17.9 Å². The Hall–Kier alpha value is -1.00. The highest BCUT2D eigenvalue weighted by Crippen LogP contribution is 2.35. The molecule has 118 valence electrons. The Bertz CT molecular complexity index is 434. The van der Waals surface area contributed by atoms with Gasteiger partial charge in [-0.05, 0) is 67.6 Å². The number of rotatable bonds is 5. The maximum Gasteiger partial charge on any atom is 0.126 e. The number of hydrazine groups is 1. The molecule has 2 nitrogen and oxygen atoms in total. The second-order valence-corrected chi connectivity index (χ2v) is 6.67. The van der Waals surface area contributed by atoms with E-state index in [4.69, 9.17) is 5.84 Å². The van der Waals surface area contributed by atoms with E-state index in [1.165, 1.54) is 25.0 Å². The van der Waals surface area contributed by atoms with E-state index in [2.05, 4.69) is 19.3 Å². The molecular weight excluding hydrogens is 270 g/mol. The number of hydrogen-bond acceptors (Lipinski definition) is 2. The van der Waals surface area contributed by atoms with Gasteiger partial charge < -0.3 is 0 Å². The van der Waals surface area contributed by atoms with Crippen LogP contribution in [0.4, 0.5) is 8.78 Å². The van der Waals surface area contributed by atoms with Crippen molar-refractivity contribution in [2.24, 2.45) is 23.6 Å². The third-order valence-electron chi connectivity index (χ3n) is 4.92. The molecule has 0 spiro atoms. The molecule has 21 heavy (non-hydrogen) atoms. The predicted octanol–water partition coefficient (Wildman–Crippen LogP) is 3.80. The maximum absolute atomic E-state index is 13.3. The number of nitrogens with two attached hydrogens (primary N) is 1. The van der Waals surface area contributed by atoms with Gasteiger partial charge in [0.15, 0.2) is 0 Å². The van der Waals surface area contributed by atoms with E-state index in [9.17, 15) is 8.78 Å². The average molecular weight is 296 g/mol. The van der Waals surface area contributed by atoms with Crippen molar-refractivity contribution in [2.75, 3.05) is 0 Å². The molecule has 0 aromatic heterocycles. The summed E-state index contributed by atoms with van der Waals surface area (Å²) < 4.78 is 26.5. The van der Waals surface area contributed by atoms with Crippen molar-refractivity contribution in [1.82, 2.24) is 5.43 Å². The summed E-state index contributed by atoms with van der Waals surface area (Å²) in [4.78, 5) is 0. The summed E-state index contributed by atoms with van der Waals surface area (Å²) >= 11 is 0. The van der Waals surface area contributed by atoms with Crippen LogP contribution in [-0.4, -0.2) is 6.04 Å². The highest BCUT2D eigenvalue weighted by Gasteiger charge is 2.28. The van der Waals surface area contributed by atoms with E-state index in [0.717, 1.165) is 30.7 Å². The zero-order valence-corrected chi connectivity index (χ0v) is 12.9. The Kier molecular flexibility index (Phi) is 5.71. The van der Waals surface area contributed by atoms with Crippen molar-refractivity contribution in [3.05, 3.63) is 35.4 Å². The van der Waals surface area contributed by atoms with Crippen LogP contribution in [-0.2, 0) is 6.42 Å². The lowest BCUT2D eigenvalue weighted by molar-refractivity contribution is 0.188. The fraction of sp³-hybridized carbons (Fsp3) is 0.647. The second-order valence-electron chi connectivity index (χ2n) is 6.67. The smallest absolute Gasteiger partial charge is 0.126 e. The fourth-order valence-corrected chi connectivity index (χ4v) is 3.56. The van der Waals surface area contributed by atoms with E-state index in [1.807, 2.05) is 0 Å². The van der Waals surface area contributed by atoms with Crippen molar-refractivity contribution in [3.63, 3.8) is 0 Å². The van der Waals surface area contributed by atoms with Crippen molar-refractivity contribution in [1.29, 1.82) is 0 Å². The number of nitrogens with one attached hydrogen (secondary N) is 1. The standard InChI is InChI=1S/C17H26F2N2/c1-11(2)13-3-5-14(6-4-13)17(21-20)9-12-7-15(18)10-16(19)8-12/h7-8,10-11,13-14,17,21H,3-6,9,20H2,1-2H3. The van der Waals surface area contributed by atoms with Gasteiger partial charge in [-0.2, -0.15) is 0 Å². The summed E-state index contributed by atoms with van der Waals surface area (Å²) in [7, 11) is 0. The number of hydrogen-bond donors (Lipinski definition) is 2. The molecule has 1 fully saturated rings. The second kappa shape index (κ2) is 7.32. The molecule has 0 radical (unpaired) electrons. The molecule has 2 rings (SSSR count). The molecule has 1 unspecified atom stereocenters. The molecule has 1 aromatic rings. The van der Waals surface area contributed by atoms with Crippen molar-refractivity contribution in [3.8, 4) is 0 Å². The summed E-state index contributed by atoms with van der Waals surface area (Å²) in [6, 6.07) is 3.78. The predicted molar refractivity (Wildman–Crippen MR) is 81.5 cm³/mol. The van der Waals surface area contributed by atoms with Gasteiger partial charge in [0.2, 0.25) is 0 Å². The zero-order valence-electron chi connectivity index (χ0n) is 12.9. The Balaban J connectivity index is 1.97. The van der Waals surface area contributed by atoms with Crippen LogP contribution in [0.3, 0.4) is 0 Å². The van der Waals surface area contributed by atoms with E-state index in [1.54, 1.807) is 0 Å². The van der Waals surface area contributed by atoms with Crippen molar-refractivity contribution < 1.29 is 8.78 Å². The molecule has 1 atom stereocenters. The highest BCUT2D eigenvalue weighted by molar-refractivity contribution is 5.19. The van der Waals surface area contributed by atoms with Gasteiger partial charge in [-0.15, -0.1) is 0 Å². The van der Waals surface area contributed by atoms with Gasteiger partial charge in [0.1, 0.15) is 11.6 Å². The zero-order chi connectivity index (χ0) is 15.4. The summed E-state index contributed by atoms with van der Waals surface area (Å²) in [6.07, 6.45) is 5.28. The Morgan fingerprint density at radius 3 is 2.05 bits per heavy atom. The minimum atomic E-state index is -0.524. The molecule has 0 saturated heterocycles. The highest BCUT2D eigenvalue weighted by atomic mass is 19.1. The molecular formula is C17H26F2N2. The Labute approximate surface area is 126 Å². The van der Waals surface area contributed by atoms with Crippen molar-refractivity contribution >= 4 is 0 Å². The average Bonchev–Trinajstić information content (AvgIpc) is 2.44. The molecule has 0 amide bonds. The Morgan fingerprint density at radius 2 is 1.57 bits per heavy atom. The molecule has 1 saturated carbocycles. The first kappa shape index (κ1) is 16.4. The monoisotopic (exact) mass is 296 g/mol. The van der Waals surface area contributed by atoms with Crippen LogP contribution in [0, 0.1) is 29.4 Å². The summed E-state index contributed by atoms with van der Waals surface area (Å²) in [5, 5.41) is 0. The fourth-order valence-electron chi connectivity index (χ4n) is 3.56. The minimum absolute atomic E-state index is 0.0827. The third kappa shape index (κ3) is 4.48. The topological polar surface area (TPSA) is 38.0 Å². The molecule has 1 aliphatic rings. The van der Waals surface area contributed by atoms with Gasteiger partial charge in [0.05, 0.1) is 0 Å². The summed E-state index contributed by atoms with van der Waals surface area (Å²) in [6.45, 7) is 4.55. The van der Waals surface area contributed by atoms with Gasteiger partial charge in [0.25, 0.3) is 0 Å². The van der Waals surface area contributed by atoms with Crippen LogP contribution >= 0.6 is 0 Å².